The molecule has 4 nitrogen and oxygen atoms in total. The molecule has 0 radical (unpaired) electrons. The van der Waals surface area contributed by atoms with Crippen LogP contribution in [0.2, 0.25) is 0 Å². The second kappa shape index (κ2) is 6.25. The molecule has 0 aromatic carbocycles. The first-order valence-corrected chi connectivity index (χ1v) is 7.59. The van der Waals surface area contributed by atoms with Gasteiger partial charge in [0.25, 0.3) is 5.91 Å². The first-order chi connectivity index (χ1) is 9.62. The van der Waals surface area contributed by atoms with Gasteiger partial charge in [0.1, 0.15) is 5.82 Å². The predicted molar refractivity (Wildman–Crippen MR) is 82.1 cm³/mol. The number of hydrogen-bond acceptors (Lipinski definition) is 3. The van der Waals surface area contributed by atoms with E-state index in [0.717, 1.165) is 30.9 Å². The van der Waals surface area contributed by atoms with Gasteiger partial charge in [-0.2, -0.15) is 0 Å². The molecule has 1 heterocycles. The van der Waals surface area contributed by atoms with Crippen LogP contribution in [-0.4, -0.2) is 24.5 Å². The highest BCUT2D eigenvalue weighted by Gasteiger charge is 2.35. The highest BCUT2D eigenvalue weighted by Crippen LogP contribution is 2.43. The van der Waals surface area contributed by atoms with Gasteiger partial charge in [0.15, 0.2) is 0 Å². The molecule has 20 heavy (non-hydrogen) atoms. The number of aromatic nitrogens is 1. The van der Waals surface area contributed by atoms with Gasteiger partial charge in [-0.1, -0.05) is 20.3 Å². The number of aryl methyl sites for hydroxylation is 1. The number of rotatable bonds is 6. The second-order valence-corrected chi connectivity index (χ2v) is 5.73. The van der Waals surface area contributed by atoms with Gasteiger partial charge >= 0.3 is 0 Å². The van der Waals surface area contributed by atoms with E-state index in [4.69, 9.17) is 0 Å². The zero-order valence-electron chi connectivity index (χ0n) is 12.8. The summed E-state index contributed by atoms with van der Waals surface area (Å²) in [5.74, 6) is 0.765. The lowest BCUT2D eigenvalue weighted by molar-refractivity contribution is 0.0850. The van der Waals surface area contributed by atoms with Crippen LogP contribution in [0.25, 0.3) is 0 Å². The fourth-order valence-corrected chi connectivity index (χ4v) is 2.73. The van der Waals surface area contributed by atoms with Gasteiger partial charge in [-0.05, 0) is 43.2 Å². The lowest BCUT2D eigenvalue weighted by Gasteiger charge is -2.41. The summed E-state index contributed by atoms with van der Waals surface area (Å²) in [4.78, 5) is 16.7. The van der Waals surface area contributed by atoms with Crippen LogP contribution in [0.5, 0.6) is 0 Å². The van der Waals surface area contributed by atoms with Crippen LogP contribution >= 0.6 is 0 Å². The Kier molecular flexibility index (Phi) is 4.63. The maximum atomic E-state index is 12.3. The molecule has 1 fully saturated rings. The topological polar surface area (TPSA) is 54.0 Å². The van der Waals surface area contributed by atoms with E-state index in [2.05, 4.69) is 22.5 Å². The predicted octanol–water partition coefficient (Wildman–Crippen LogP) is 3.00. The van der Waals surface area contributed by atoms with Crippen molar-refractivity contribution in [2.45, 2.75) is 46.0 Å². The lowest BCUT2D eigenvalue weighted by Crippen LogP contribution is -2.41. The van der Waals surface area contributed by atoms with E-state index < -0.39 is 0 Å². The Morgan fingerprint density at radius 2 is 2.10 bits per heavy atom. The van der Waals surface area contributed by atoms with Crippen LogP contribution in [0.1, 0.15) is 55.6 Å². The Balaban J connectivity index is 2.04. The molecule has 0 spiro atoms. The first-order valence-electron chi connectivity index (χ1n) is 7.59. The smallest absolute Gasteiger partial charge is 0.251 e. The van der Waals surface area contributed by atoms with Gasteiger partial charge in [-0.3, -0.25) is 4.79 Å². The zero-order chi connectivity index (χ0) is 14.6. The van der Waals surface area contributed by atoms with Crippen molar-refractivity contribution in [2.24, 2.45) is 5.41 Å². The minimum absolute atomic E-state index is 0.0123. The molecule has 1 aromatic rings. The summed E-state index contributed by atoms with van der Waals surface area (Å²) in [5, 5.41) is 6.11. The Morgan fingerprint density at radius 3 is 2.60 bits per heavy atom. The first kappa shape index (κ1) is 14.8. The highest BCUT2D eigenvalue weighted by molar-refractivity contribution is 5.95. The number of carbonyl (C=O) groups is 1. The number of nitrogens with zero attached hydrogens (tertiary/aromatic N) is 1. The summed E-state index contributed by atoms with van der Waals surface area (Å²) in [6.07, 6.45) is 5.74. The third kappa shape index (κ3) is 3.11. The maximum Gasteiger partial charge on any atom is 0.251 e. The van der Waals surface area contributed by atoms with Crippen LogP contribution in [0.4, 0.5) is 5.82 Å². The van der Waals surface area contributed by atoms with E-state index in [0.29, 0.717) is 11.0 Å². The summed E-state index contributed by atoms with van der Waals surface area (Å²) in [5.41, 5.74) is 1.99. The highest BCUT2D eigenvalue weighted by atomic mass is 16.1. The van der Waals surface area contributed by atoms with Gasteiger partial charge in [-0.25, -0.2) is 4.98 Å². The zero-order valence-corrected chi connectivity index (χ0v) is 12.8. The molecule has 1 aliphatic rings. The number of amides is 1. The van der Waals surface area contributed by atoms with Crippen molar-refractivity contribution >= 4 is 11.7 Å². The molecule has 1 aliphatic carbocycles. The van der Waals surface area contributed by atoms with Crippen LogP contribution < -0.4 is 10.6 Å². The van der Waals surface area contributed by atoms with Gasteiger partial charge in [0.2, 0.25) is 0 Å². The molecule has 1 aromatic heterocycles. The standard InChI is InChI=1S/C16H25N3O/c1-4-13-9-12(10-14(17-3)19-13)15(20)18-11-16(5-2)7-6-8-16/h9-10H,4-8,11H2,1-3H3,(H,17,19)(H,18,20). The lowest BCUT2D eigenvalue weighted by atomic mass is 9.67. The molecule has 4 heteroatoms. The van der Waals surface area contributed by atoms with Gasteiger partial charge in [-0.15, -0.1) is 0 Å². The average Bonchev–Trinajstić information content (AvgIpc) is 2.45. The number of nitrogens with one attached hydrogen (secondary N) is 2. The van der Waals surface area contributed by atoms with E-state index in [9.17, 15) is 4.79 Å². The van der Waals surface area contributed by atoms with E-state index >= 15 is 0 Å². The number of carbonyl (C=O) groups excluding carboxylic acids is 1. The number of hydrogen-bond donors (Lipinski definition) is 2. The molecule has 1 saturated carbocycles. The molecule has 0 saturated heterocycles. The van der Waals surface area contributed by atoms with Crippen molar-refractivity contribution in [3.05, 3.63) is 23.4 Å². The van der Waals surface area contributed by atoms with Crippen molar-refractivity contribution in [2.75, 3.05) is 18.9 Å². The molecule has 2 rings (SSSR count). The van der Waals surface area contributed by atoms with E-state index in [1.165, 1.54) is 19.3 Å². The molecular weight excluding hydrogens is 250 g/mol. The quantitative estimate of drug-likeness (QED) is 0.839. The Morgan fingerprint density at radius 1 is 1.35 bits per heavy atom. The Labute approximate surface area is 121 Å². The van der Waals surface area contributed by atoms with Crippen molar-refractivity contribution in [1.82, 2.24) is 10.3 Å². The average molecular weight is 275 g/mol. The minimum atomic E-state index is 0.0123. The Bertz CT molecular complexity index is 453. The van der Waals surface area contributed by atoms with Crippen LogP contribution in [0.3, 0.4) is 0 Å². The van der Waals surface area contributed by atoms with E-state index in [-0.39, 0.29) is 5.91 Å². The van der Waals surface area contributed by atoms with Crippen LogP contribution in [0.15, 0.2) is 12.1 Å². The second-order valence-electron chi connectivity index (χ2n) is 5.73. The molecule has 2 N–H and O–H groups in total. The molecular formula is C16H25N3O. The van der Waals surface area contributed by atoms with Crippen molar-refractivity contribution in [3.63, 3.8) is 0 Å². The van der Waals surface area contributed by atoms with Gasteiger partial charge < -0.3 is 10.6 Å². The number of pyridine rings is 1. The third-order valence-corrected chi connectivity index (χ3v) is 4.55. The van der Waals surface area contributed by atoms with Gasteiger partial charge in [0, 0.05) is 24.8 Å². The van der Waals surface area contributed by atoms with Crippen molar-refractivity contribution in [3.8, 4) is 0 Å². The van der Waals surface area contributed by atoms with E-state index in [1.807, 2.05) is 26.1 Å². The molecule has 1 amide bonds. The van der Waals surface area contributed by atoms with Crippen LogP contribution in [-0.2, 0) is 6.42 Å². The normalized spacial score (nSPS) is 16.4. The minimum Gasteiger partial charge on any atom is -0.373 e. The third-order valence-electron chi connectivity index (χ3n) is 4.55. The molecule has 0 atom stereocenters. The molecule has 0 unspecified atom stereocenters. The largest absolute Gasteiger partial charge is 0.373 e. The van der Waals surface area contributed by atoms with Crippen LogP contribution in [0, 0.1) is 5.41 Å². The van der Waals surface area contributed by atoms with Gasteiger partial charge in [0.05, 0.1) is 0 Å². The fourth-order valence-electron chi connectivity index (χ4n) is 2.73. The summed E-state index contributed by atoms with van der Waals surface area (Å²) in [6, 6.07) is 3.70. The molecule has 0 bridgehead atoms. The molecule has 110 valence electrons. The SMILES string of the molecule is CCc1cc(C(=O)NCC2(CC)CCC2)cc(NC)n1. The van der Waals surface area contributed by atoms with Crippen molar-refractivity contribution in [1.29, 1.82) is 0 Å². The maximum absolute atomic E-state index is 12.3. The fraction of sp³-hybridized carbons (Fsp3) is 0.625. The monoisotopic (exact) mass is 275 g/mol. The summed E-state index contributed by atoms with van der Waals surface area (Å²) in [6.45, 7) is 5.05. The molecule has 0 aliphatic heterocycles. The van der Waals surface area contributed by atoms with Crippen molar-refractivity contribution < 1.29 is 4.79 Å². The van der Waals surface area contributed by atoms with E-state index in [1.54, 1.807) is 0 Å². The summed E-state index contributed by atoms with van der Waals surface area (Å²) < 4.78 is 0. The summed E-state index contributed by atoms with van der Waals surface area (Å²) in [7, 11) is 1.82. The number of anilines is 1. The Hall–Kier alpha value is -1.58. The summed E-state index contributed by atoms with van der Waals surface area (Å²) >= 11 is 0.